The van der Waals surface area contributed by atoms with Crippen molar-refractivity contribution in [2.45, 2.75) is 18.6 Å². The van der Waals surface area contributed by atoms with Crippen molar-refractivity contribution in [3.05, 3.63) is 0 Å². The fourth-order valence-corrected chi connectivity index (χ4v) is 1.20. The molecule has 70 valence electrons. The van der Waals surface area contributed by atoms with Gasteiger partial charge in [0.25, 0.3) is 0 Å². The Hall–Kier alpha value is 0.460. The van der Waals surface area contributed by atoms with Crippen LogP contribution in [0.4, 0.5) is 0 Å². The predicted octanol–water partition coefficient (Wildman–Crippen LogP) is -0.228. The zero-order valence-corrected chi connectivity index (χ0v) is 8.17. The highest BCUT2D eigenvalue weighted by Gasteiger charge is 2.20. The minimum absolute atomic E-state index is 0. The normalized spacial score (nSPS) is 28.9. The molecule has 11 heavy (non-hydrogen) atoms. The van der Waals surface area contributed by atoms with E-state index in [-0.39, 0.29) is 30.9 Å². The summed E-state index contributed by atoms with van der Waals surface area (Å²) in [5, 5.41) is 15.3. The van der Waals surface area contributed by atoms with Crippen molar-refractivity contribution >= 4 is 24.8 Å². The van der Waals surface area contributed by atoms with Crippen molar-refractivity contribution in [3.8, 4) is 0 Å². The Morgan fingerprint density at radius 2 is 2.18 bits per heavy atom. The molecule has 0 aliphatic carbocycles. The van der Waals surface area contributed by atoms with E-state index in [1.165, 1.54) is 0 Å². The molecule has 0 radical (unpaired) electrons. The third kappa shape index (κ3) is 4.82. The molecule has 0 aromatic rings. The Morgan fingerprint density at radius 1 is 1.55 bits per heavy atom. The zero-order valence-electron chi connectivity index (χ0n) is 6.54. The van der Waals surface area contributed by atoms with Crippen LogP contribution >= 0.6 is 24.8 Å². The number of halogens is 2. The minimum atomic E-state index is -0.122. The molecule has 0 amide bonds. The number of β-amino-alcohol motifs (C(OH)–C–C–N with tert-alkyl or cyclic N) is 1. The molecule has 0 spiro atoms. The van der Waals surface area contributed by atoms with Gasteiger partial charge in [-0.25, -0.2) is 0 Å². The van der Waals surface area contributed by atoms with Crippen molar-refractivity contribution in [2.75, 3.05) is 20.1 Å². The number of rotatable bonds is 2. The van der Waals surface area contributed by atoms with Gasteiger partial charge >= 0.3 is 0 Å². The summed E-state index contributed by atoms with van der Waals surface area (Å²) >= 11 is 0. The van der Waals surface area contributed by atoms with Crippen LogP contribution in [0.2, 0.25) is 0 Å². The largest absolute Gasteiger partial charge is 0.392 e. The van der Waals surface area contributed by atoms with Crippen LogP contribution in [0.15, 0.2) is 0 Å². The second-order valence-corrected chi connectivity index (χ2v) is 2.55. The highest BCUT2D eigenvalue weighted by Crippen LogP contribution is 2.03. The quantitative estimate of drug-likeness (QED) is 0.581. The summed E-state index contributed by atoms with van der Waals surface area (Å²) in [6.07, 6.45) is 0.768. The topological polar surface area (TPSA) is 44.3 Å². The van der Waals surface area contributed by atoms with E-state index in [4.69, 9.17) is 5.11 Å². The van der Waals surface area contributed by atoms with E-state index in [0.717, 1.165) is 19.5 Å². The maximum absolute atomic E-state index is 9.04. The second kappa shape index (κ2) is 7.13. The minimum Gasteiger partial charge on any atom is -0.392 e. The van der Waals surface area contributed by atoms with Crippen LogP contribution in [-0.4, -0.2) is 37.4 Å². The molecule has 2 atom stereocenters. The maximum atomic E-state index is 9.04. The molecule has 0 aromatic carbocycles. The number of aliphatic hydroxyl groups is 1. The van der Waals surface area contributed by atoms with Crippen LogP contribution in [0, 0.1) is 0 Å². The van der Waals surface area contributed by atoms with Gasteiger partial charge in [-0.3, -0.25) is 0 Å². The molecule has 0 bridgehead atoms. The van der Waals surface area contributed by atoms with Crippen LogP contribution in [0.1, 0.15) is 6.42 Å². The van der Waals surface area contributed by atoms with E-state index < -0.39 is 0 Å². The lowest BCUT2D eigenvalue weighted by Crippen LogP contribution is -2.31. The first-order chi connectivity index (χ1) is 4.33. The fraction of sp³-hybridized carbons (Fsp3) is 1.00. The van der Waals surface area contributed by atoms with Crippen molar-refractivity contribution in [1.29, 1.82) is 0 Å². The summed E-state index contributed by atoms with van der Waals surface area (Å²) in [4.78, 5) is 0. The highest BCUT2D eigenvalue weighted by molar-refractivity contribution is 5.85. The molecule has 1 fully saturated rings. The van der Waals surface area contributed by atoms with E-state index >= 15 is 0 Å². The van der Waals surface area contributed by atoms with Crippen molar-refractivity contribution in [2.24, 2.45) is 0 Å². The average molecular weight is 203 g/mol. The highest BCUT2D eigenvalue weighted by atomic mass is 35.5. The molecule has 0 saturated carbocycles. The Morgan fingerprint density at radius 3 is 2.55 bits per heavy atom. The average Bonchev–Trinajstić information content (AvgIpc) is 2.17. The summed E-state index contributed by atoms with van der Waals surface area (Å²) in [7, 11) is 1.92. The Balaban J connectivity index is 0. The zero-order chi connectivity index (χ0) is 6.69. The molecule has 0 unspecified atom stereocenters. The maximum Gasteiger partial charge on any atom is 0.0680 e. The third-order valence-electron chi connectivity index (χ3n) is 1.65. The van der Waals surface area contributed by atoms with Crippen molar-refractivity contribution < 1.29 is 5.11 Å². The number of aliphatic hydroxyl groups excluding tert-OH is 1. The summed E-state index contributed by atoms with van der Waals surface area (Å²) < 4.78 is 0. The molecule has 1 saturated heterocycles. The second-order valence-electron chi connectivity index (χ2n) is 2.55. The summed E-state index contributed by atoms with van der Waals surface area (Å²) in [5.74, 6) is 0. The van der Waals surface area contributed by atoms with Gasteiger partial charge in [-0.2, -0.15) is 0 Å². The summed E-state index contributed by atoms with van der Waals surface area (Å²) in [6.45, 7) is 1.71. The molecule has 1 heterocycles. The summed E-state index contributed by atoms with van der Waals surface area (Å²) in [6, 6.07) is 0.477. The molecule has 3 nitrogen and oxygen atoms in total. The summed E-state index contributed by atoms with van der Waals surface area (Å²) in [5.41, 5.74) is 0. The van der Waals surface area contributed by atoms with Crippen LogP contribution in [-0.2, 0) is 0 Å². The smallest absolute Gasteiger partial charge is 0.0680 e. The molecule has 1 aliphatic rings. The van der Waals surface area contributed by atoms with Gasteiger partial charge in [-0.1, -0.05) is 0 Å². The van der Waals surface area contributed by atoms with E-state index in [1.807, 2.05) is 7.05 Å². The van der Waals surface area contributed by atoms with Crippen molar-refractivity contribution in [1.82, 2.24) is 10.6 Å². The lowest BCUT2D eigenvalue weighted by Gasteiger charge is -2.06. The lowest BCUT2D eigenvalue weighted by atomic mass is 10.2. The fourth-order valence-electron chi connectivity index (χ4n) is 1.20. The van der Waals surface area contributed by atoms with Crippen LogP contribution in [0.25, 0.3) is 0 Å². The van der Waals surface area contributed by atoms with Crippen LogP contribution < -0.4 is 10.6 Å². The van der Waals surface area contributed by atoms with Gasteiger partial charge < -0.3 is 15.7 Å². The molecular formula is C6H16Cl2N2O. The Bertz CT molecular complexity index is 92.7. The van der Waals surface area contributed by atoms with E-state index in [2.05, 4.69) is 10.6 Å². The molecular weight excluding hydrogens is 187 g/mol. The van der Waals surface area contributed by atoms with Gasteiger partial charge in [0.15, 0.2) is 0 Å². The van der Waals surface area contributed by atoms with Gasteiger partial charge in [0.2, 0.25) is 0 Å². The molecule has 0 aromatic heterocycles. The van der Waals surface area contributed by atoms with E-state index in [9.17, 15) is 0 Å². The molecule has 5 heteroatoms. The molecule has 3 N–H and O–H groups in total. The standard InChI is InChI=1S/C6H14N2O.2ClH/c1-7-3-5-2-6(9)4-8-5;;/h5-9H,2-4H2,1H3;2*1H/t5-,6+;;/m0../s1. The first kappa shape index (κ1) is 14.0. The predicted molar refractivity (Wildman–Crippen MR) is 50.8 cm³/mol. The number of hydrogen-bond acceptors (Lipinski definition) is 3. The Labute approximate surface area is 79.8 Å². The van der Waals surface area contributed by atoms with Gasteiger partial charge in [-0.15, -0.1) is 24.8 Å². The Kier molecular flexibility index (Phi) is 9.08. The first-order valence-corrected chi connectivity index (χ1v) is 3.39. The van der Waals surface area contributed by atoms with Crippen LogP contribution in [0.5, 0.6) is 0 Å². The van der Waals surface area contributed by atoms with E-state index in [1.54, 1.807) is 0 Å². The van der Waals surface area contributed by atoms with Crippen molar-refractivity contribution in [3.63, 3.8) is 0 Å². The van der Waals surface area contributed by atoms with Gasteiger partial charge in [-0.05, 0) is 13.5 Å². The van der Waals surface area contributed by atoms with Crippen LogP contribution in [0.3, 0.4) is 0 Å². The SMILES string of the molecule is CNC[C@@H]1C[C@@H](O)CN1.Cl.Cl. The number of hydrogen-bond donors (Lipinski definition) is 3. The monoisotopic (exact) mass is 202 g/mol. The first-order valence-electron chi connectivity index (χ1n) is 3.39. The van der Waals surface area contributed by atoms with E-state index in [0.29, 0.717) is 6.04 Å². The van der Waals surface area contributed by atoms with Gasteiger partial charge in [0.1, 0.15) is 0 Å². The molecule has 1 rings (SSSR count). The van der Waals surface area contributed by atoms with Gasteiger partial charge in [0.05, 0.1) is 6.10 Å². The lowest BCUT2D eigenvalue weighted by molar-refractivity contribution is 0.193. The number of nitrogens with one attached hydrogen (secondary N) is 2. The third-order valence-corrected chi connectivity index (χ3v) is 1.65. The van der Waals surface area contributed by atoms with Gasteiger partial charge in [0, 0.05) is 19.1 Å². The molecule has 1 aliphatic heterocycles. The number of likely N-dealkylation sites (N-methyl/N-ethyl adjacent to an activating group) is 1.